The summed E-state index contributed by atoms with van der Waals surface area (Å²) in [6.07, 6.45) is 0.114. The van der Waals surface area contributed by atoms with Crippen molar-refractivity contribution in [2.75, 3.05) is 13.2 Å². The molecule has 0 aliphatic heterocycles. The van der Waals surface area contributed by atoms with Crippen LogP contribution in [0.1, 0.15) is 29.3 Å². The van der Waals surface area contributed by atoms with Gasteiger partial charge >= 0.3 is 5.97 Å². The number of ether oxygens (including phenoxy) is 2. The molecule has 1 amide bonds. The van der Waals surface area contributed by atoms with Crippen LogP contribution in [0.4, 0.5) is 0 Å². The second-order valence-electron chi connectivity index (χ2n) is 5.83. The molecule has 0 spiro atoms. The smallest absolute Gasteiger partial charge is 0.307 e. The lowest BCUT2D eigenvalue weighted by Crippen LogP contribution is -2.34. The van der Waals surface area contributed by atoms with Crippen LogP contribution in [0.25, 0.3) is 0 Å². The molecule has 2 rings (SSSR count). The Labute approximate surface area is 148 Å². The Kier molecular flexibility index (Phi) is 7.01. The van der Waals surface area contributed by atoms with Gasteiger partial charge in [-0.15, -0.1) is 0 Å². The van der Waals surface area contributed by atoms with E-state index in [-0.39, 0.29) is 30.9 Å². The van der Waals surface area contributed by atoms with Crippen molar-refractivity contribution in [3.8, 4) is 5.75 Å². The molecule has 0 saturated carbocycles. The van der Waals surface area contributed by atoms with Crippen LogP contribution in [0.2, 0.25) is 0 Å². The zero-order valence-electron chi connectivity index (χ0n) is 14.5. The fraction of sp³-hybridized carbons (Fsp3) is 0.300. The summed E-state index contributed by atoms with van der Waals surface area (Å²) < 4.78 is 10.7. The van der Waals surface area contributed by atoms with Crippen molar-refractivity contribution in [2.45, 2.75) is 26.3 Å². The number of nitrogens with one attached hydrogen (secondary N) is 1. The predicted molar refractivity (Wildman–Crippen MR) is 95.6 cm³/mol. The molecule has 2 aromatic rings. The minimum absolute atomic E-state index is 0.114. The van der Waals surface area contributed by atoms with E-state index in [1.807, 2.05) is 37.3 Å². The molecule has 0 aliphatic carbocycles. The van der Waals surface area contributed by atoms with Crippen molar-refractivity contribution in [2.24, 2.45) is 0 Å². The third kappa shape index (κ3) is 6.67. The third-order valence-electron chi connectivity index (χ3n) is 3.49. The van der Waals surface area contributed by atoms with E-state index < -0.39 is 0 Å². The Balaban J connectivity index is 1.65. The van der Waals surface area contributed by atoms with Gasteiger partial charge in [0.15, 0.2) is 0 Å². The molecule has 25 heavy (non-hydrogen) atoms. The van der Waals surface area contributed by atoms with E-state index in [4.69, 9.17) is 9.47 Å². The first-order valence-corrected chi connectivity index (χ1v) is 8.25. The monoisotopic (exact) mass is 341 g/mol. The maximum Gasteiger partial charge on any atom is 0.307 e. The Hall–Kier alpha value is -2.82. The molecule has 0 heterocycles. The maximum atomic E-state index is 12.0. The Bertz CT molecular complexity index is 700. The number of aryl methyl sites for hydroxylation is 1. The van der Waals surface area contributed by atoms with Gasteiger partial charge in [-0.25, -0.2) is 0 Å². The van der Waals surface area contributed by atoms with Crippen molar-refractivity contribution < 1.29 is 19.1 Å². The lowest BCUT2D eigenvalue weighted by molar-refractivity contribution is -0.144. The van der Waals surface area contributed by atoms with Crippen molar-refractivity contribution in [3.05, 3.63) is 65.7 Å². The summed E-state index contributed by atoms with van der Waals surface area (Å²) in [7, 11) is 0. The topological polar surface area (TPSA) is 64.6 Å². The average Bonchev–Trinajstić information content (AvgIpc) is 2.59. The number of esters is 1. The zero-order valence-corrected chi connectivity index (χ0v) is 14.5. The van der Waals surface area contributed by atoms with Crippen molar-refractivity contribution in [1.82, 2.24) is 5.32 Å². The van der Waals surface area contributed by atoms with E-state index in [2.05, 4.69) is 5.32 Å². The molecule has 2 aromatic carbocycles. The van der Waals surface area contributed by atoms with Crippen molar-refractivity contribution >= 4 is 11.9 Å². The van der Waals surface area contributed by atoms with Crippen LogP contribution in [-0.4, -0.2) is 31.1 Å². The molecule has 5 nitrogen and oxygen atoms in total. The first-order chi connectivity index (χ1) is 12.0. The van der Waals surface area contributed by atoms with Crippen LogP contribution >= 0.6 is 0 Å². The van der Waals surface area contributed by atoms with Gasteiger partial charge < -0.3 is 14.8 Å². The van der Waals surface area contributed by atoms with Crippen LogP contribution < -0.4 is 10.1 Å². The minimum atomic E-state index is -0.367. The van der Waals surface area contributed by atoms with Crippen molar-refractivity contribution in [1.29, 1.82) is 0 Å². The number of carbonyl (C=O) groups is 2. The number of hydrogen-bond donors (Lipinski definition) is 1. The fourth-order valence-electron chi connectivity index (χ4n) is 2.28. The van der Waals surface area contributed by atoms with E-state index in [1.54, 1.807) is 31.2 Å². The molecule has 0 radical (unpaired) electrons. The quantitative estimate of drug-likeness (QED) is 0.592. The number of rotatable bonds is 8. The fourth-order valence-corrected chi connectivity index (χ4v) is 2.28. The van der Waals surface area contributed by atoms with Gasteiger partial charge in [0.1, 0.15) is 19.0 Å². The predicted octanol–water partition coefficient (Wildman–Crippen LogP) is 3.13. The van der Waals surface area contributed by atoms with E-state index in [0.717, 1.165) is 11.3 Å². The summed E-state index contributed by atoms with van der Waals surface area (Å²) in [6.45, 7) is 4.22. The molecule has 1 atom stereocenters. The van der Waals surface area contributed by atoms with Gasteiger partial charge in [-0.05, 0) is 43.7 Å². The van der Waals surface area contributed by atoms with Crippen LogP contribution in [0.3, 0.4) is 0 Å². The molecule has 0 saturated heterocycles. The van der Waals surface area contributed by atoms with Gasteiger partial charge in [-0.1, -0.05) is 30.3 Å². The second kappa shape index (κ2) is 9.47. The first kappa shape index (κ1) is 18.5. The largest absolute Gasteiger partial charge is 0.490 e. The summed E-state index contributed by atoms with van der Waals surface area (Å²) in [5.41, 5.74) is 1.67. The number of benzene rings is 2. The molecule has 132 valence electrons. The van der Waals surface area contributed by atoms with Crippen molar-refractivity contribution in [3.63, 3.8) is 0 Å². The molecular formula is C20H23NO4. The summed E-state index contributed by atoms with van der Waals surface area (Å²) in [4.78, 5) is 23.8. The summed E-state index contributed by atoms with van der Waals surface area (Å²) in [5, 5.41) is 2.78. The van der Waals surface area contributed by atoms with Gasteiger partial charge in [0, 0.05) is 11.6 Å². The highest BCUT2D eigenvalue weighted by atomic mass is 16.6. The minimum Gasteiger partial charge on any atom is -0.490 e. The normalized spacial score (nSPS) is 11.4. The van der Waals surface area contributed by atoms with E-state index in [0.29, 0.717) is 12.2 Å². The molecule has 1 N–H and O–H groups in total. The Morgan fingerprint density at radius 2 is 1.80 bits per heavy atom. The molecule has 0 bridgehead atoms. The summed E-state index contributed by atoms with van der Waals surface area (Å²) >= 11 is 0. The van der Waals surface area contributed by atoms with Gasteiger partial charge in [0.2, 0.25) is 0 Å². The molecule has 0 fully saturated rings. The maximum absolute atomic E-state index is 12.0. The van der Waals surface area contributed by atoms with E-state index in [9.17, 15) is 9.59 Å². The van der Waals surface area contributed by atoms with Crippen LogP contribution in [-0.2, 0) is 9.53 Å². The summed E-state index contributed by atoms with van der Waals surface area (Å²) in [6, 6.07) is 16.2. The highest BCUT2D eigenvalue weighted by Gasteiger charge is 2.14. The molecule has 1 unspecified atom stereocenters. The molecule has 0 aromatic heterocycles. The Morgan fingerprint density at radius 3 is 2.52 bits per heavy atom. The highest BCUT2D eigenvalue weighted by Crippen LogP contribution is 2.12. The van der Waals surface area contributed by atoms with Gasteiger partial charge in [-0.2, -0.15) is 0 Å². The highest BCUT2D eigenvalue weighted by molar-refractivity contribution is 5.94. The van der Waals surface area contributed by atoms with Crippen LogP contribution in [0, 0.1) is 6.92 Å². The molecular weight excluding hydrogens is 318 g/mol. The summed E-state index contributed by atoms with van der Waals surface area (Å²) in [5.74, 6) is 0.178. The second-order valence-corrected chi connectivity index (χ2v) is 5.83. The first-order valence-electron chi connectivity index (χ1n) is 8.25. The average molecular weight is 341 g/mol. The third-order valence-corrected chi connectivity index (χ3v) is 3.49. The standard InChI is InChI=1S/C20H23NO4/c1-15-7-6-10-18(13-15)24-11-12-25-19(22)14-16(2)21-20(23)17-8-4-3-5-9-17/h3-10,13,16H,11-12,14H2,1-2H3,(H,21,23). The van der Waals surface area contributed by atoms with E-state index in [1.165, 1.54) is 0 Å². The number of amides is 1. The van der Waals surface area contributed by atoms with Gasteiger partial charge in [0.25, 0.3) is 5.91 Å². The zero-order chi connectivity index (χ0) is 18.1. The number of hydrogen-bond acceptors (Lipinski definition) is 4. The van der Waals surface area contributed by atoms with Gasteiger partial charge in [-0.3, -0.25) is 9.59 Å². The SMILES string of the molecule is Cc1cccc(OCCOC(=O)CC(C)NC(=O)c2ccccc2)c1. The number of carbonyl (C=O) groups excluding carboxylic acids is 2. The Morgan fingerprint density at radius 1 is 1.04 bits per heavy atom. The van der Waals surface area contributed by atoms with Crippen LogP contribution in [0.5, 0.6) is 5.75 Å². The molecule has 5 heteroatoms. The van der Waals surface area contributed by atoms with Crippen LogP contribution in [0.15, 0.2) is 54.6 Å². The molecule has 0 aliphatic rings. The van der Waals surface area contributed by atoms with Gasteiger partial charge in [0.05, 0.1) is 6.42 Å². The lowest BCUT2D eigenvalue weighted by Gasteiger charge is -2.13. The lowest BCUT2D eigenvalue weighted by atomic mass is 10.2. The van der Waals surface area contributed by atoms with E-state index >= 15 is 0 Å².